The molecule has 3 rings (SSSR count). The molecule has 0 heterocycles. The highest BCUT2D eigenvalue weighted by Crippen LogP contribution is 2.41. The smallest absolute Gasteiger partial charge is 0.315 e. The number of nitrogens with one attached hydrogen (secondary N) is 2. The molecule has 1 saturated carbocycles. The molecule has 1 aliphatic rings. The molecule has 0 aromatic heterocycles. The van der Waals surface area contributed by atoms with Gasteiger partial charge in [0, 0.05) is 17.0 Å². The standard InChI is InChI=1S/C18H18ClFN2O2/c19-12-7-5-11(6-8-12)17(10-23)22-18(24)21-16-9-14(16)13-3-1-2-4-15(13)20/h1-8,14,16-17,23H,9-10H2,(H2,21,22,24). The predicted molar refractivity (Wildman–Crippen MR) is 90.5 cm³/mol. The first-order valence-electron chi connectivity index (χ1n) is 7.76. The Morgan fingerprint density at radius 1 is 1.25 bits per heavy atom. The van der Waals surface area contributed by atoms with Crippen molar-refractivity contribution in [1.82, 2.24) is 10.6 Å². The number of carbonyl (C=O) groups is 1. The van der Waals surface area contributed by atoms with Crippen LogP contribution in [0.2, 0.25) is 5.02 Å². The third-order valence-corrected chi connectivity index (χ3v) is 4.42. The third-order valence-electron chi connectivity index (χ3n) is 4.17. The summed E-state index contributed by atoms with van der Waals surface area (Å²) in [6.07, 6.45) is 0.707. The molecule has 0 saturated heterocycles. The van der Waals surface area contributed by atoms with Crippen molar-refractivity contribution in [1.29, 1.82) is 0 Å². The predicted octanol–water partition coefficient (Wildman–Crippen LogP) is 3.37. The molecule has 2 aromatic rings. The van der Waals surface area contributed by atoms with Crippen molar-refractivity contribution in [2.45, 2.75) is 24.4 Å². The quantitative estimate of drug-likeness (QED) is 0.775. The Hall–Kier alpha value is -2.11. The fourth-order valence-corrected chi connectivity index (χ4v) is 2.90. The van der Waals surface area contributed by atoms with Crippen molar-refractivity contribution in [3.63, 3.8) is 0 Å². The van der Waals surface area contributed by atoms with E-state index in [4.69, 9.17) is 11.6 Å². The van der Waals surface area contributed by atoms with E-state index in [1.165, 1.54) is 6.07 Å². The van der Waals surface area contributed by atoms with Gasteiger partial charge in [0.1, 0.15) is 5.82 Å². The van der Waals surface area contributed by atoms with Crippen LogP contribution < -0.4 is 10.6 Å². The van der Waals surface area contributed by atoms with Crippen LogP contribution >= 0.6 is 11.6 Å². The van der Waals surface area contributed by atoms with Gasteiger partial charge in [-0.15, -0.1) is 0 Å². The number of aliphatic hydroxyl groups excluding tert-OH is 1. The number of urea groups is 1. The maximum Gasteiger partial charge on any atom is 0.315 e. The van der Waals surface area contributed by atoms with E-state index in [9.17, 15) is 14.3 Å². The van der Waals surface area contributed by atoms with Crippen LogP contribution in [0.3, 0.4) is 0 Å². The highest BCUT2D eigenvalue weighted by molar-refractivity contribution is 6.30. The van der Waals surface area contributed by atoms with Crippen LogP contribution in [0, 0.1) is 5.82 Å². The third kappa shape index (κ3) is 3.86. The Balaban J connectivity index is 1.56. The number of hydrogen-bond acceptors (Lipinski definition) is 2. The minimum absolute atomic E-state index is 0.0000541. The zero-order chi connectivity index (χ0) is 17.1. The molecular weight excluding hydrogens is 331 g/mol. The zero-order valence-corrected chi connectivity index (χ0v) is 13.6. The molecule has 3 atom stereocenters. The number of amides is 2. The maximum absolute atomic E-state index is 13.7. The van der Waals surface area contributed by atoms with Gasteiger partial charge in [-0.1, -0.05) is 41.9 Å². The number of benzene rings is 2. The van der Waals surface area contributed by atoms with E-state index in [1.807, 2.05) is 0 Å². The molecule has 0 aliphatic heterocycles. The van der Waals surface area contributed by atoms with Crippen LogP contribution in [0.4, 0.5) is 9.18 Å². The summed E-state index contributed by atoms with van der Waals surface area (Å²) in [6.45, 7) is -0.226. The molecule has 4 nitrogen and oxygen atoms in total. The normalized spacial score (nSPS) is 20.3. The average Bonchev–Trinajstić information content (AvgIpc) is 3.32. The van der Waals surface area contributed by atoms with Crippen LogP contribution in [-0.4, -0.2) is 23.8 Å². The minimum Gasteiger partial charge on any atom is -0.394 e. The van der Waals surface area contributed by atoms with Crippen molar-refractivity contribution in [3.05, 3.63) is 70.5 Å². The fourth-order valence-electron chi connectivity index (χ4n) is 2.77. The molecular formula is C18H18ClFN2O2. The van der Waals surface area contributed by atoms with E-state index < -0.39 is 6.04 Å². The number of halogens is 2. The van der Waals surface area contributed by atoms with Gasteiger partial charge in [-0.2, -0.15) is 0 Å². The second-order valence-corrected chi connectivity index (χ2v) is 6.31. The van der Waals surface area contributed by atoms with Crippen molar-refractivity contribution in [2.24, 2.45) is 0 Å². The van der Waals surface area contributed by atoms with Gasteiger partial charge in [-0.3, -0.25) is 0 Å². The fraction of sp³-hybridized carbons (Fsp3) is 0.278. The van der Waals surface area contributed by atoms with Gasteiger partial charge in [-0.25, -0.2) is 9.18 Å². The van der Waals surface area contributed by atoms with E-state index >= 15 is 0 Å². The Bertz CT molecular complexity index is 723. The number of carbonyl (C=O) groups excluding carboxylic acids is 1. The van der Waals surface area contributed by atoms with Crippen LogP contribution in [0.15, 0.2) is 48.5 Å². The molecule has 0 radical (unpaired) electrons. The SMILES string of the molecule is O=C(NC(CO)c1ccc(Cl)cc1)NC1CC1c1ccccc1F. The van der Waals surface area contributed by atoms with Gasteiger partial charge in [0.2, 0.25) is 0 Å². The molecule has 1 fully saturated rings. The summed E-state index contributed by atoms with van der Waals surface area (Å²) in [5.41, 5.74) is 1.39. The first-order valence-corrected chi connectivity index (χ1v) is 8.14. The zero-order valence-electron chi connectivity index (χ0n) is 12.9. The number of rotatable bonds is 5. The van der Waals surface area contributed by atoms with E-state index in [0.717, 1.165) is 5.56 Å². The molecule has 3 N–H and O–H groups in total. The van der Waals surface area contributed by atoms with E-state index in [1.54, 1.807) is 42.5 Å². The summed E-state index contributed by atoms with van der Waals surface area (Å²) < 4.78 is 13.7. The van der Waals surface area contributed by atoms with Gasteiger partial charge >= 0.3 is 6.03 Å². The van der Waals surface area contributed by atoms with Crippen molar-refractivity contribution < 1.29 is 14.3 Å². The van der Waals surface area contributed by atoms with E-state index in [2.05, 4.69) is 10.6 Å². The molecule has 126 valence electrons. The average molecular weight is 349 g/mol. The summed E-state index contributed by atoms with van der Waals surface area (Å²) in [6, 6.07) is 12.5. The molecule has 2 amide bonds. The van der Waals surface area contributed by atoms with Crippen LogP contribution in [0.5, 0.6) is 0 Å². The number of aliphatic hydroxyl groups is 1. The Labute approximate surface area is 144 Å². The van der Waals surface area contributed by atoms with Gasteiger partial charge in [0.15, 0.2) is 0 Å². The highest BCUT2D eigenvalue weighted by atomic mass is 35.5. The summed E-state index contributed by atoms with van der Waals surface area (Å²) in [7, 11) is 0. The van der Waals surface area contributed by atoms with Gasteiger partial charge in [0.05, 0.1) is 12.6 Å². The number of hydrogen-bond donors (Lipinski definition) is 3. The maximum atomic E-state index is 13.7. The van der Waals surface area contributed by atoms with E-state index in [-0.39, 0.29) is 30.4 Å². The van der Waals surface area contributed by atoms with Crippen LogP contribution in [-0.2, 0) is 0 Å². The van der Waals surface area contributed by atoms with Gasteiger partial charge in [-0.05, 0) is 35.7 Å². The van der Waals surface area contributed by atoms with Gasteiger partial charge in [0.25, 0.3) is 0 Å². The summed E-state index contributed by atoms with van der Waals surface area (Å²) in [4.78, 5) is 12.1. The van der Waals surface area contributed by atoms with Crippen molar-refractivity contribution in [2.75, 3.05) is 6.61 Å². The Morgan fingerprint density at radius 2 is 1.96 bits per heavy atom. The summed E-state index contributed by atoms with van der Waals surface area (Å²) >= 11 is 5.84. The van der Waals surface area contributed by atoms with Gasteiger partial charge < -0.3 is 15.7 Å². The lowest BCUT2D eigenvalue weighted by Gasteiger charge is -2.17. The van der Waals surface area contributed by atoms with E-state index in [0.29, 0.717) is 17.0 Å². The van der Waals surface area contributed by atoms with Crippen molar-refractivity contribution in [3.8, 4) is 0 Å². The first kappa shape index (κ1) is 16.7. The topological polar surface area (TPSA) is 61.4 Å². The highest BCUT2D eigenvalue weighted by Gasteiger charge is 2.41. The molecule has 2 aromatic carbocycles. The second-order valence-electron chi connectivity index (χ2n) is 5.87. The van der Waals surface area contributed by atoms with Crippen LogP contribution in [0.25, 0.3) is 0 Å². The monoisotopic (exact) mass is 348 g/mol. The first-order chi connectivity index (χ1) is 11.6. The molecule has 6 heteroatoms. The second kappa shape index (κ2) is 7.20. The molecule has 24 heavy (non-hydrogen) atoms. The lowest BCUT2D eigenvalue weighted by atomic mass is 10.1. The summed E-state index contributed by atoms with van der Waals surface area (Å²) in [5, 5.41) is 15.6. The largest absolute Gasteiger partial charge is 0.394 e. The lowest BCUT2D eigenvalue weighted by molar-refractivity contribution is 0.216. The Kier molecular flexibility index (Phi) is 5.02. The van der Waals surface area contributed by atoms with Crippen LogP contribution in [0.1, 0.15) is 29.5 Å². The lowest BCUT2D eigenvalue weighted by Crippen LogP contribution is -2.40. The molecule has 1 aliphatic carbocycles. The molecule has 0 spiro atoms. The minimum atomic E-state index is -0.520. The molecule has 0 bridgehead atoms. The Morgan fingerprint density at radius 3 is 2.62 bits per heavy atom. The molecule has 3 unspecified atom stereocenters. The summed E-state index contributed by atoms with van der Waals surface area (Å²) in [5.74, 6) is -0.248. The van der Waals surface area contributed by atoms with Crippen molar-refractivity contribution >= 4 is 17.6 Å².